The van der Waals surface area contributed by atoms with Gasteiger partial charge in [-0.3, -0.25) is 19.8 Å². The molecule has 10 heteroatoms. The molecule has 1 aromatic rings. The fourth-order valence-electron chi connectivity index (χ4n) is 5.70. The average molecular weight is 514 g/mol. The molecule has 0 radical (unpaired) electrons. The highest BCUT2D eigenvalue weighted by Crippen LogP contribution is 2.64. The van der Waals surface area contributed by atoms with E-state index in [2.05, 4.69) is 24.6 Å². The molecule has 4 N–H and O–H groups in total. The number of ether oxygens (including phenoxy) is 1. The molecule has 5 atom stereocenters. The summed E-state index contributed by atoms with van der Waals surface area (Å²) in [6.07, 6.45) is 0.168. The number of benzene rings is 1. The second kappa shape index (κ2) is 9.96. The molecule has 0 aromatic heterocycles. The van der Waals surface area contributed by atoms with E-state index in [1.807, 2.05) is 30.3 Å². The van der Waals surface area contributed by atoms with Crippen LogP contribution in [0.3, 0.4) is 0 Å². The largest absolute Gasteiger partial charge is 0.442 e. The van der Waals surface area contributed by atoms with E-state index >= 15 is 0 Å². The van der Waals surface area contributed by atoms with E-state index in [1.165, 1.54) is 0 Å². The van der Waals surface area contributed by atoms with Crippen molar-refractivity contribution in [3.8, 4) is 0 Å². The van der Waals surface area contributed by atoms with E-state index in [9.17, 15) is 19.2 Å². The Morgan fingerprint density at radius 3 is 2.51 bits per heavy atom. The Morgan fingerprint density at radius 1 is 1.24 bits per heavy atom. The van der Waals surface area contributed by atoms with Crippen molar-refractivity contribution in [3.63, 3.8) is 0 Å². The Kier molecular flexibility index (Phi) is 7.25. The molecule has 1 aromatic carbocycles. The molecular weight excluding hydrogens is 474 g/mol. The third kappa shape index (κ3) is 5.74. The van der Waals surface area contributed by atoms with Crippen molar-refractivity contribution in [1.29, 1.82) is 0 Å². The highest BCUT2D eigenvalue weighted by molar-refractivity contribution is 5.92. The monoisotopic (exact) mass is 513 g/mol. The van der Waals surface area contributed by atoms with Gasteiger partial charge in [-0.25, -0.2) is 9.80 Å². The number of carbonyl (C=O) groups is 4. The predicted octanol–water partition coefficient (Wildman–Crippen LogP) is 1.44. The highest BCUT2D eigenvalue weighted by atomic mass is 16.6. The van der Waals surface area contributed by atoms with E-state index in [0.29, 0.717) is 25.9 Å². The molecule has 0 bridgehead atoms. The Labute approximate surface area is 218 Å². The minimum Gasteiger partial charge on any atom is -0.442 e. The molecule has 3 fully saturated rings. The molecule has 1 saturated carbocycles. The molecule has 202 valence electrons. The lowest BCUT2D eigenvalue weighted by atomic mass is 9.99. The summed E-state index contributed by atoms with van der Waals surface area (Å²) in [5, 5.41) is 3.83. The van der Waals surface area contributed by atoms with Crippen molar-refractivity contribution in [3.05, 3.63) is 35.9 Å². The van der Waals surface area contributed by atoms with Gasteiger partial charge in [0.25, 0.3) is 5.91 Å². The standard InChI is InChI=1S/C27H39N5O5/c1-26(2,3)37-25(36)32(14-17-11-12-29-22(17)33)30-23(34)21-20-18(27(20,4)5)15-31(21)24(35)19(28)13-16-9-7-6-8-10-16/h6-10,17-21H,11-15,28H2,1-5H3,(H,29,33)(H,30,34)/t17-,18-,19?,20-,21-/m0/s1. The number of hydrogen-bond donors (Lipinski definition) is 3. The lowest BCUT2D eigenvalue weighted by Crippen LogP contribution is -2.59. The molecule has 3 aliphatic rings. The SMILES string of the molecule is CC(C)(C)OC(=O)N(C[C@@H]1CCNC1=O)NC(=O)[C@@H]1[C@@H]2[C@H](CN1C(=O)C(N)Cc1ccccc1)C2(C)C. The molecular formula is C27H39N5O5. The smallest absolute Gasteiger partial charge is 0.429 e. The Bertz CT molecular complexity index is 1050. The number of carbonyl (C=O) groups excluding carboxylic acids is 4. The van der Waals surface area contributed by atoms with Crippen molar-refractivity contribution in [2.45, 2.75) is 65.1 Å². The quantitative estimate of drug-likeness (QED) is 0.493. The third-order valence-corrected chi connectivity index (χ3v) is 7.80. The Morgan fingerprint density at radius 2 is 1.92 bits per heavy atom. The van der Waals surface area contributed by atoms with Crippen molar-refractivity contribution < 1.29 is 23.9 Å². The maximum Gasteiger partial charge on any atom is 0.429 e. The number of rotatable bonds is 6. The Hall–Kier alpha value is -3.14. The van der Waals surface area contributed by atoms with Crippen molar-refractivity contribution in [2.24, 2.45) is 28.9 Å². The second-order valence-electron chi connectivity index (χ2n) is 12.0. The van der Waals surface area contributed by atoms with Crippen LogP contribution >= 0.6 is 0 Å². The lowest BCUT2D eigenvalue weighted by Gasteiger charge is -2.34. The number of likely N-dealkylation sites (tertiary alicyclic amines) is 1. The predicted molar refractivity (Wildman–Crippen MR) is 137 cm³/mol. The minimum absolute atomic E-state index is 0.0157. The summed E-state index contributed by atoms with van der Waals surface area (Å²) in [4.78, 5) is 53.9. The fraction of sp³-hybridized carbons (Fsp3) is 0.630. The summed E-state index contributed by atoms with van der Waals surface area (Å²) in [7, 11) is 0. The van der Waals surface area contributed by atoms with Crippen molar-refractivity contribution in [2.75, 3.05) is 19.6 Å². The summed E-state index contributed by atoms with van der Waals surface area (Å²) in [6.45, 7) is 10.3. The van der Waals surface area contributed by atoms with Crippen molar-refractivity contribution >= 4 is 23.8 Å². The van der Waals surface area contributed by atoms with Crippen molar-refractivity contribution in [1.82, 2.24) is 20.7 Å². The summed E-state index contributed by atoms with van der Waals surface area (Å²) >= 11 is 0. The van der Waals surface area contributed by atoms with Crippen LogP contribution in [0.4, 0.5) is 4.79 Å². The van der Waals surface area contributed by atoms with Crippen LogP contribution in [0, 0.1) is 23.2 Å². The average Bonchev–Trinajstić information content (AvgIpc) is 3.17. The molecule has 4 rings (SSSR count). The van der Waals surface area contributed by atoms with Crippen LogP contribution < -0.4 is 16.5 Å². The van der Waals surface area contributed by atoms with Crippen LogP contribution in [-0.4, -0.2) is 71.0 Å². The number of nitrogens with zero attached hydrogens (tertiary/aromatic N) is 2. The first kappa shape index (κ1) is 26.9. The number of fused-ring (bicyclic) bond motifs is 1. The summed E-state index contributed by atoms with van der Waals surface area (Å²) in [5.74, 6) is -1.26. The fourth-order valence-corrected chi connectivity index (χ4v) is 5.70. The van der Waals surface area contributed by atoms with E-state index < -0.39 is 35.6 Å². The zero-order valence-electron chi connectivity index (χ0n) is 22.3. The van der Waals surface area contributed by atoms with Gasteiger partial charge >= 0.3 is 6.09 Å². The second-order valence-corrected chi connectivity index (χ2v) is 12.0. The molecule has 2 aliphatic heterocycles. The van der Waals surface area contributed by atoms with Gasteiger partial charge in [0.15, 0.2) is 0 Å². The first-order chi connectivity index (χ1) is 17.3. The van der Waals surface area contributed by atoms with Gasteiger partial charge in [-0.1, -0.05) is 44.2 Å². The van der Waals surface area contributed by atoms with Crippen LogP contribution in [0.2, 0.25) is 0 Å². The molecule has 10 nitrogen and oxygen atoms in total. The molecule has 37 heavy (non-hydrogen) atoms. The molecule has 2 heterocycles. The first-order valence-corrected chi connectivity index (χ1v) is 13.0. The lowest BCUT2D eigenvalue weighted by molar-refractivity contribution is -0.143. The van der Waals surface area contributed by atoms with Gasteiger partial charge in [0.1, 0.15) is 11.6 Å². The zero-order valence-corrected chi connectivity index (χ0v) is 22.3. The van der Waals surface area contributed by atoms with Gasteiger partial charge in [0.2, 0.25) is 11.8 Å². The summed E-state index contributed by atoms with van der Waals surface area (Å²) in [5.41, 5.74) is 9.06. The van der Waals surface area contributed by atoms with Crippen LogP contribution in [0.1, 0.15) is 46.6 Å². The summed E-state index contributed by atoms with van der Waals surface area (Å²) < 4.78 is 5.51. The Balaban J connectivity index is 1.51. The van der Waals surface area contributed by atoms with Gasteiger partial charge in [-0.2, -0.15) is 0 Å². The first-order valence-electron chi connectivity index (χ1n) is 13.0. The number of nitrogens with one attached hydrogen (secondary N) is 2. The number of piperidine rings is 1. The van der Waals surface area contributed by atoms with Gasteiger partial charge < -0.3 is 20.7 Å². The topological polar surface area (TPSA) is 134 Å². The van der Waals surface area contributed by atoms with Gasteiger partial charge in [0, 0.05) is 13.1 Å². The van der Waals surface area contributed by atoms with Crippen LogP contribution in [-0.2, 0) is 25.5 Å². The van der Waals surface area contributed by atoms with Crippen LogP contribution in [0.25, 0.3) is 0 Å². The number of amides is 4. The third-order valence-electron chi connectivity index (χ3n) is 7.80. The summed E-state index contributed by atoms with van der Waals surface area (Å²) in [6, 6.07) is 7.97. The molecule has 2 saturated heterocycles. The van der Waals surface area contributed by atoms with Gasteiger partial charge in [-0.15, -0.1) is 0 Å². The molecule has 1 unspecified atom stereocenters. The molecule has 0 spiro atoms. The van der Waals surface area contributed by atoms with Gasteiger partial charge in [0.05, 0.1) is 18.5 Å². The maximum atomic E-state index is 13.7. The molecule has 1 aliphatic carbocycles. The normalized spacial score (nSPS) is 26.6. The van der Waals surface area contributed by atoms with Crippen LogP contribution in [0.5, 0.6) is 0 Å². The number of hydrazine groups is 1. The van der Waals surface area contributed by atoms with E-state index in [0.717, 1.165) is 10.6 Å². The van der Waals surface area contributed by atoms with E-state index in [4.69, 9.17) is 10.5 Å². The zero-order chi connectivity index (χ0) is 27.1. The number of nitrogens with two attached hydrogens (primary N) is 1. The minimum atomic E-state index is -0.791. The van der Waals surface area contributed by atoms with E-state index in [1.54, 1.807) is 25.7 Å². The number of hydrogen-bond acceptors (Lipinski definition) is 6. The van der Waals surface area contributed by atoms with Crippen LogP contribution in [0.15, 0.2) is 30.3 Å². The maximum absolute atomic E-state index is 13.7. The highest BCUT2D eigenvalue weighted by Gasteiger charge is 2.69. The van der Waals surface area contributed by atoms with Gasteiger partial charge in [-0.05, 0) is 56.4 Å². The molecule has 4 amide bonds. The van der Waals surface area contributed by atoms with E-state index in [-0.39, 0.29) is 35.6 Å².